The van der Waals surface area contributed by atoms with Crippen molar-refractivity contribution in [2.45, 2.75) is 0 Å². The quantitative estimate of drug-likeness (QED) is 0.321. The Morgan fingerprint density at radius 1 is 0.00794 bits per heavy atom. The van der Waals surface area contributed by atoms with Crippen LogP contribution in [0.25, 0.3) is 0 Å². The van der Waals surface area contributed by atoms with Gasteiger partial charge >= 0.3 is 0 Å². The van der Waals surface area contributed by atoms with E-state index < -0.39 is 0 Å². The molecule has 126 heavy (non-hydrogen) atoms. The van der Waals surface area contributed by atoms with E-state index in [4.69, 9.17) is 0 Å². The Labute approximate surface area is 3770 Å². The second-order valence-electron chi connectivity index (χ2n) is 0. The number of hydrogen-bond acceptors (Lipinski definition) is 0. The maximum atomic E-state index is 0. The normalized spacial score (nSPS) is 0. The maximum absolute atomic E-state index is 0. The zero-order valence-corrected chi connectivity index (χ0v) is 588. The zero-order chi connectivity index (χ0) is 0. The average Bonchev–Trinajstić information content (AvgIpc) is 0. The molecule has 0 unspecified atom stereocenters. The second-order valence-corrected chi connectivity index (χ2v) is 0. The van der Waals surface area contributed by atoms with Crippen LogP contribution in [-0.4, -0.2) is 0 Å². The van der Waals surface area contributed by atoms with E-state index in [1.165, 1.54) is 0 Å². The van der Waals surface area contributed by atoms with Crippen LogP contribution in [0.4, 0.5) is 0 Å². The van der Waals surface area contributed by atoms with Crippen LogP contribution < -0.4 is 0 Å². The van der Waals surface area contributed by atoms with Crippen molar-refractivity contribution < 1.29 is 3920 Å². The van der Waals surface area contributed by atoms with Gasteiger partial charge in [0, 0.05) is 3920 Å². The molecule has 0 saturated heterocycles. The molecule has 0 heterocycles. The van der Waals surface area contributed by atoms with Crippen molar-refractivity contribution in [3.05, 3.63) is 0 Å². The molecular weight excluding hydrogens is 30000 g/mol. The van der Waals surface area contributed by atoms with Gasteiger partial charge in [-0.2, -0.15) is 0 Å². The monoisotopic (exact) mass is 30000 g/mol. The van der Waals surface area contributed by atoms with Crippen LogP contribution in [0.2, 0.25) is 0 Å². The van der Waals surface area contributed by atoms with E-state index in [9.17, 15) is 0 Å². The Kier molecular flexibility index (Phi) is 7470. The van der Waals surface area contributed by atoms with Crippen molar-refractivity contribution in [3.63, 3.8) is 0 Å². The standard InChI is InChI=1S/126U. The van der Waals surface area contributed by atoms with Crippen LogP contribution >= 0.6 is 0 Å². The molecule has 0 fully saturated rings. The van der Waals surface area contributed by atoms with E-state index in [1.807, 2.05) is 0 Å². The summed E-state index contributed by atoms with van der Waals surface area (Å²) in [5.41, 5.74) is 0. The largest absolute Gasteiger partial charge is 0 e. The SMILES string of the molecule is [U].[U].[U].[U].[U].[U].[U].[U].[U].[U].[U].[U].[U].[U].[U].[U].[U].[U].[U].[U].[U].[U].[U].[U].[U].[U].[U].[U].[U].[U].[U].[U].[U].[U].[U].[U].[U].[U].[U].[U].[U].[U].[U].[U].[U].[U].[U].[U].[U].[U].[U].[U].[U].[U].[U].[U].[U].[U].[U].[U].[U].[U].[U].[U].[U].[U].[U].[U].[U].[U].[U].[U].[U].[U].[U].[U].[U].[U].[U].[U].[U].[U].[U].[U].[U].[U].[U].[U].[U].[U].[U].[U].[U].[U].[U].[U].[U].[U].[U].[U].[U].[U].[U].[U].[U].[U].[U].[U].[U].[U].[U].[U].[U].[U].[U].[U].[U].[U].[U].[U].[U].[U].[U].[U].[U].[U]. The smallest absolute Gasteiger partial charge is 0 e. The summed E-state index contributed by atoms with van der Waals surface area (Å²) in [4.78, 5) is 0. The molecule has 504 valence electrons. The fourth-order valence-corrected chi connectivity index (χ4v) is 0. The first-order chi connectivity index (χ1) is 0. The van der Waals surface area contributed by atoms with Crippen LogP contribution in [-0.2, 0) is 0 Å². The molecule has 0 spiro atoms. The molecule has 0 nitrogen and oxygen atoms in total. The van der Waals surface area contributed by atoms with E-state index in [0.29, 0.717) is 0 Å². The van der Waals surface area contributed by atoms with Gasteiger partial charge in [-0.3, -0.25) is 0 Å². The first-order valence-electron chi connectivity index (χ1n) is 0. The van der Waals surface area contributed by atoms with Crippen LogP contribution in [0.3, 0.4) is 0 Å². The third kappa shape index (κ3) is 954. The molecular formula is U126. The van der Waals surface area contributed by atoms with Crippen molar-refractivity contribution in [2.75, 3.05) is 0 Å². The van der Waals surface area contributed by atoms with Crippen molar-refractivity contribution in [2.24, 2.45) is 0 Å². The fraction of sp³-hybridized carbons (Fsp3) is 0. The van der Waals surface area contributed by atoms with E-state index >= 15 is 0 Å². The predicted octanol–water partition coefficient (Wildman–Crippen LogP) is 0. The summed E-state index contributed by atoms with van der Waals surface area (Å²) in [5.74, 6) is 0. The Morgan fingerprint density at radius 3 is 0.00794 bits per heavy atom. The molecule has 0 atom stereocenters. The molecule has 0 radical (unpaired) electrons. The summed E-state index contributed by atoms with van der Waals surface area (Å²) >= 11 is 0. The van der Waals surface area contributed by atoms with Gasteiger partial charge in [-0.15, -0.1) is 0 Å². The van der Waals surface area contributed by atoms with Gasteiger partial charge in [0.2, 0.25) is 0 Å². The molecule has 0 aliphatic rings. The molecule has 0 aliphatic heterocycles. The number of rotatable bonds is 0. The van der Waals surface area contributed by atoms with Gasteiger partial charge in [-0.05, 0) is 0 Å². The molecule has 0 saturated carbocycles. The van der Waals surface area contributed by atoms with Crippen LogP contribution in [0.15, 0.2) is 0 Å². The van der Waals surface area contributed by atoms with Crippen molar-refractivity contribution >= 4 is 0 Å². The van der Waals surface area contributed by atoms with Crippen LogP contribution in [0, 0.1) is 3920 Å². The van der Waals surface area contributed by atoms with E-state index in [0.717, 1.165) is 0 Å². The minimum atomic E-state index is 0. The fourth-order valence-electron chi connectivity index (χ4n) is 0. The Hall–Kier alpha value is 133. The van der Waals surface area contributed by atoms with Crippen LogP contribution in [0.1, 0.15) is 0 Å². The summed E-state index contributed by atoms with van der Waals surface area (Å²) in [6.45, 7) is 0. The first-order valence-corrected chi connectivity index (χ1v) is 0. The molecule has 0 N–H and O–H groups in total. The van der Waals surface area contributed by atoms with E-state index in [1.54, 1.807) is 0 Å². The van der Waals surface area contributed by atoms with Crippen LogP contribution in [0.5, 0.6) is 0 Å². The second kappa shape index (κ2) is 965. The average molecular weight is 30000 g/mol. The molecule has 126 heteroatoms. The van der Waals surface area contributed by atoms with Crippen molar-refractivity contribution in [1.29, 1.82) is 0 Å². The summed E-state index contributed by atoms with van der Waals surface area (Å²) in [7, 11) is 0. The van der Waals surface area contributed by atoms with E-state index in [-0.39, 0.29) is 3920 Å². The Balaban J connectivity index is 0. The van der Waals surface area contributed by atoms with Gasteiger partial charge in [0.1, 0.15) is 0 Å². The van der Waals surface area contributed by atoms with Gasteiger partial charge in [0.05, 0.1) is 0 Å². The van der Waals surface area contributed by atoms with Crippen molar-refractivity contribution in [3.8, 4) is 0 Å². The molecule has 0 rings (SSSR count). The summed E-state index contributed by atoms with van der Waals surface area (Å²) < 4.78 is 0. The molecule has 0 aromatic carbocycles. The third-order valence-corrected chi connectivity index (χ3v) is 0. The van der Waals surface area contributed by atoms with Crippen molar-refractivity contribution in [1.82, 2.24) is 0 Å². The van der Waals surface area contributed by atoms with Gasteiger partial charge in [0.25, 0.3) is 0 Å². The van der Waals surface area contributed by atoms with Gasteiger partial charge < -0.3 is 0 Å². The molecule has 0 aliphatic carbocycles. The van der Waals surface area contributed by atoms with Gasteiger partial charge in [0.15, 0.2) is 0 Å². The van der Waals surface area contributed by atoms with E-state index in [2.05, 4.69) is 0 Å². The topological polar surface area (TPSA) is 0 Å². The summed E-state index contributed by atoms with van der Waals surface area (Å²) in [6, 6.07) is 0. The molecule has 0 bridgehead atoms. The summed E-state index contributed by atoms with van der Waals surface area (Å²) in [5, 5.41) is 0. The first kappa shape index (κ1) is 976. The van der Waals surface area contributed by atoms with Gasteiger partial charge in [-0.1, -0.05) is 0 Å². The zero-order valence-electron chi connectivity index (χ0n) is 63.0. The number of hydrogen-bond donors (Lipinski definition) is 0. The Bertz CT molecular complexity index is 0. The Morgan fingerprint density at radius 2 is 0.00794 bits per heavy atom. The minimum absolute atomic E-state index is 0. The predicted molar refractivity (Wildman–Crippen MR) is 0 cm³/mol. The third-order valence-electron chi connectivity index (χ3n) is 0. The minimum Gasteiger partial charge on any atom is 0 e. The van der Waals surface area contributed by atoms with Gasteiger partial charge in [-0.25, -0.2) is 0 Å². The molecule has 0 aromatic heterocycles. The summed E-state index contributed by atoms with van der Waals surface area (Å²) in [6.07, 6.45) is 0. The molecule has 0 amide bonds. The maximum Gasteiger partial charge on any atom is 0 e. The molecule has 0 aromatic rings.